The van der Waals surface area contributed by atoms with E-state index >= 15 is 0 Å². The summed E-state index contributed by atoms with van der Waals surface area (Å²) < 4.78 is 11.5. The zero-order valence-electron chi connectivity index (χ0n) is 13.5. The molecular formula is C14H25N5O2. The molecule has 0 spiro atoms. The maximum Gasteiger partial charge on any atom is 0.323 e. The Labute approximate surface area is 125 Å². The average Bonchev–Trinajstić information content (AvgIpc) is 2.32. The van der Waals surface area contributed by atoms with Crippen LogP contribution in [-0.4, -0.2) is 45.9 Å². The van der Waals surface area contributed by atoms with Crippen molar-refractivity contribution in [2.75, 3.05) is 30.3 Å². The number of anilines is 2. The van der Waals surface area contributed by atoms with Crippen molar-refractivity contribution >= 4 is 11.9 Å². The normalized spacial score (nSPS) is 20.3. The third-order valence-corrected chi connectivity index (χ3v) is 3.03. The van der Waals surface area contributed by atoms with Gasteiger partial charge in [0.15, 0.2) is 0 Å². The van der Waals surface area contributed by atoms with Crippen LogP contribution in [0.4, 0.5) is 11.9 Å². The van der Waals surface area contributed by atoms with E-state index in [0.29, 0.717) is 25.6 Å². The number of nitrogens with zero attached hydrogens (tertiary/aromatic N) is 4. The number of aromatic nitrogens is 3. The predicted octanol–water partition coefficient (Wildman–Crippen LogP) is 1.64. The van der Waals surface area contributed by atoms with Crippen molar-refractivity contribution in [3.05, 3.63) is 0 Å². The predicted molar refractivity (Wildman–Crippen MR) is 81.5 cm³/mol. The number of morpholine rings is 1. The highest BCUT2D eigenvalue weighted by Gasteiger charge is 2.39. The molecule has 2 N–H and O–H groups in total. The van der Waals surface area contributed by atoms with Gasteiger partial charge in [-0.15, -0.1) is 0 Å². The third kappa shape index (κ3) is 4.17. The Balaban J connectivity index is 2.26. The first-order valence-electron chi connectivity index (χ1n) is 7.30. The molecule has 0 radical (unpaired) electrons. The van der Waals surface area contributed by atoms with Crippen molar-refractivity contribution in [1.29, 1.82) is 0 Å². The Morgan fingerprint density at radius 1 is 1.14 bits per heavy atom. The van der Waals surface area contributed by atoms with Crippen molar-refractivity contribution in [2.45, 2.75) is 52.2 Å². The van der Waals surface area contributed by atoms with Crippen molar-refractivity contribution < 1.29 is 9.47 Å². The lowest BCUT2D eigenvalue weighted by Gasteiger charge is -2.47. The highest BCUT2D eigenvalue weighted by atomic mass is 16.5. The summed E-state index contributed by atoms with van der Waals surface area (Å²) in [7, 11) is 0. The van der Waals surface area contributed by atoms with Crippen LogP contribution in [-0.2, 0) is 4.74 Å². The van der Waals surface area contributed by atoms with Gasteiger partial charge >= 0.3 is 6.01 Å². The number of ether oxygens (including phenoxy) is 2. The summed E-state index contributed by atoms with van der Waals surface area (Å²) in [5.41, 5.74) is 5.20. The number of nitrogen functional groups attached to an aromatic ring is 1. The minimum Gasteiger partial charge on any atom is -0.463 e. The molecule has 118 valence electrons. The molecule has 7 heteroatoms. The minimum absolute atomic E-state index is 0.174. The second-order valence-electron chi connectivity index (χ2n) is 6.60. The first-order valence-corrected chi connectivity index (χ1v) is 7.30. The molecule has 1 aliphatic heterocycles. The molecule has 1 aromatic rings. The SMILES string of the molecule is CCCOc1nc(N)nc(N2CC(C)(C)OC(C)(C)C2)n1. The fourth-order valence-corrected chi connectivity index (χ4v) is 2.69. The zero-order chi connectivity index (χ0) is 15.7. The van der Waals surface area contributed by atoms with Crippen LogP contribution in [0, 0.1) is 0 Å². The summed E-state index contributed by atoms with van der Waals surface area (Å²) in [6, 6.07) is 0.279. The summed E-state index contributed by atoms with van der Waals surface area (Å²) in [4.78, 5) is 14.7. The molecule has 7 nitrogen and oxygen atoms in total. The van der Waals surface area contributed by atoms with Gasteiger partial charge in [-0.05, 0) is 34.1 Å². The van der Waals surface area contributed by atoms with E-state index in [1.807, 2.05) is 6.92 Å². The van der Waals surface area contributed by atoms with Crippen LogP contribution in [0.15, 0.2) is 0 Å². The fourth-order valence-electron chi connectivity index (χ4n) is 2.69. The van der Waals surface area contributed by atoms with E-state index in [-0.39, 0.29) is 23.2 Å². The summed E-state index contributed by atoms with van der Waals surface area (Å²) >= 11 is 0. The Kier molecular flexibility index (Phi) is 4.22. The van der Waals surface area contributed by atoms with E-state index in [4.69, 9.17) is 15.2 Å². The van der Waals surface area contributed by atoms with E-state index < -0.39 is 0 Å². The van der Waals surface area contributed by atoms with Gasteiger partial charge < -0.3 is 20.1 Å². The topological polar surface area (TPSA) is 86.4 Å². The summed E-state index contributed by atoms with van der Waals surface area (Å²) in [5.74, 6) is 0.714. The quantitative estimate of drug-likeness (QED) is 0.903. The Morgan fingerprint density at radius 3 is 2.33 bits per heavy atom. The van der Waals surface area contributed by atoms with Crippen LogP contribution in [0.25, 0.3) is 0 Å². The van der Waals surface area contributed by atoms with Crippen LogP contribution in [0.1, 0.15) is 41.0 Å². The second kappa shape index (κ2) is 5.63. The maximum atomic E-state index is 6.06. The summed E-state index contributed by atoms with van der Waals surface area (Å²) in [6.45, 7) is 12.2. The van der Waals surface area contributed by atoms with Gasteiger partial charge in [-0.3, -0.25) is 0 Å². The highest BCUT2D eigenvalue weighted by Crippen LogP contribution is 2.30. The number of nitrogens with two attached hydrogens (primary N) is 1. The third-order valence-electron chi connectivity index (χ3n) is 3.03. The van der Waals surface area contributed by atoms with Crippen LogP contribution in [0.2, 0.25) is 0 Å². The van der Waals surface area contributed by atoms with Crippen molar-refractivity contribution in [1.82, 2.24) is 15.0 Å². The molecule has 0 amide bonds. The van der Waals surface area contributed by atoms with Crippen LogP contribution >= 0.6 is 0 Å². The van der Waals surface area contributed by atoms with Gasteiger partial charge in [0.1, 0.15) is 0 Å². The molecule has 1 saturated heterocycles. The molecule has 1 aromatic heterocycles. The first kappa shape index (κ1) is 15.8. The zero-order valence-corrected chi connectivity index (χ0v) is 13.5. The minimum atomic E-state index is -0.284. The molecule has 0 aliphatic carbocycles. The van der Waals surface area contributed by atoms with Gasteiger partial charge in [0.25, 0.3) is 0 Å². The lowest BCUT2D eigenvalue weighted by Crippen LogP contribution is -2.57. The van der Waals surface area contributed by atoms with Gasteiger partial charge in [-0.2, -0.15) is 15.0 Å². The Bertz CT molecular complexity index is 488. The van der Waals surface area contributed by atoms with Crippen LogP contribution in [0.5, 0.6) is 6.01 Å². The Morgan fingerprint density at radius 2 is 1.76 bits per heavy atom. The highest BCUT2D eigenvalue weighted by molar-refractivity contribution is 5.37. The largest absolute Gasteiger partial charge is 0.463 e. The van der Waals surface area contributed by atoms with Crippen molar-refractivity contribution in [3.63, 3.8) is 0 Å². The average molecular weight is 295 g/mol. The van der Waals surface area contributed by atoms with E-state index in [1.54, 1.807) is 0 Å². The van der Waals surface area contributed by atoms with Crippen LogP contribution < -0.4 is 15.4 Å². The van der Waals surface area contributed by atoms with E-state index in [9.17, 15) is 0 Å². The van der Waals surface area contributed by atoms with Gasteiger partial charge in [0.05, 0.1) is 17.8 Å². The van der Waals surface area contributed by atoms with E-state index in [2.05, 4.69) is 47.5 Å². The van der Waals surface area contributed by atoms with E-state index in [1.165, 1.54) is 0 Å². The van der Waals surface area contributed by atoms with Crippen LogP contribution in [0.3, 0.4) is 0 Å². The molecule has 0 aromatic carbocycles. The molecule has 2 rings (SSSR count). The molecule has 0 saturated carbocycles. The molecule has 21 heavy (non-hydrogen) atoms. The lowest BCUT2D eigenvalue weighted by atomic mass is 9.99. The molecule has 1 fully saturated rings. The molecule has 0 atom stereocenters. The monoisotopic (exact) mass is 295 g/mol. The lowest BCUT2D eigenvalue weighted by molar-refractivity contribution is -0.133. The summed E-state index contributed by atoms with van der Waals surface area (Å²) in [5, 5.41) is 0. The fraction of sp³-hybridized carbons (Fsp3) is 0.786. The summed E-state index contributed by atoms with van der Waals surface area (Å²) in [6.07, 6.45) is 0.887. The van der Waals surface area contributed by atoms with E-state index in [0.717, 1.165) is 6.42 Å². The van der Waals surface area contributed by atoms with Crippen molar-refractivity contribution in [3.8, 4) is 6.01 Å². The Hall–Kier alpha value is -1.63. The number of hydrogen-bond donors (Lipinski definition) is 1. The maximum absolute atomic E-state index is 6.06. The van der Waals surface area contributed by atoms with Gasteiger partial charge in [0, 0.05) is 13.1 Å². The molecular weight excluding hydrogens is 270 g/mol. The van der Waals surface area contributed by atoms with Gasteiger partial charge in [-0.25, -0.2) is 0 Å². The molecule has 2 heterocycles. The molecule has 0 unspecified atom stereocenters. The standard InChI is InChI=1S/C14H25N5O2/c1-6-7-20-12-17-10(15)16-11(18-12)19-8-13(2,3)21-14(4,5)9-19/h6-9H2,1-5H3,(H2,15,16,17,18). The van der Waals surface area contributed by atoms with Gasteiger partial charge in [0.2, 0.25) is 11.9 Å². The molecule has 0 bridgehead atoms. The first-order chi connectivity index (χ1) is 9.71. The number of hydrogen-bond acceptors (Lipinski definition) is 7. The smallest absolute Gasteiger partial charge is 0.323 e. The second-order valence-corrected chi connectivity index (χ2v) is 6.60. The van der Waals surface area contributed by atoms with Gasteiger partial charge in [-0.1, -0.05) is 6.92 Å². The van der Waals surface area contributed by atoms with Crippen molar-refractivity contribution in [2.24, 2.45) is 0 Å². The number of rotatable bonds is 4. The molecule has 1 aliphatic rings.